The van der Waals surface area contributed by atoms with E-state index in [2.05, 4.69) is 35.5 Å². The van der Waals surface area contributed by atoms with Gasteiger partial charge in [-0.05, 0) is 44.4 Å². The van der Waals surface area contributed by atoms with Crippen molar-refractivity contribution in [2.45, 2.75) is 45.6 Å². The second-order valence-electron chi connectivity index (χ2n) is 5.55. The summed E-state index contributed by atoms with van der Waals surface area (Å²) in [6, 6.07) is 8.70. The fourth-order valence-corrected chi connectivity index (χ4v) is 2.61. The van der Waals surface area contributed by atoms with Gasteiger partial charge in [-0.25, -0.2) is 4.99 Å². The maximum atomic E-state index is 5.72. The smallest absolute Gasteiger partial charge is 0.191 e. The first-order valence-corrected chi connectivity index (χ1v) is 8.02. The number of benzene rings is 1. The molecule has 0 unspecified atom stereocenters. The summed E-state index contributed by atoms with van der Waals surface area (Å²) in [4.78, 5) is 4.58. The van der Waals surface area contributed by atoms with Crippen LogP contribution in [0.4, 0.5) is 0 Å². The number of nitrogens with one attached hydrogen (secondary N) is 2. The van der Waals surface area contributed by atoms with Gasteiger partial charge in [0, 0.05) is 12.6 Å². The minimum absolute atomic E-state index is 0. The zero-order valence-electron chi connectivity index (χ0n) is 13.6. The first-order chi connectivity index (χ1) is 10.3. The van der Waals surface area contributed by atoms with Crippen molar-refractivity contribution in [1.82, 2.24) is 10.6 Å². The van der Waals surface area contributed by atoms with Crippen molar-refractivity contribution in [2.75, 3.05) is 19.7 Å². The lowest BCUT2D eigenvalue weighted by Crippen LogP contribution is -2.42. The third kappa shape index (κ3) is 6.85. The predicted octanol–water partition coefficient (Wildman–Crippen LogP) is 3.49. The number of hydrogen-bond donors (Lipinski definition) is 2. The molecule has 0 saturated heterocycles. The van der Waals surface area contributed by atoms with Gasteiger partial charge in [0.05, 0.1) is 6.54 Å². The molecule has 1 fully saturated rings. The zero-order valence-corrected chi connectivity index (χ0v) is 15.9. The van der Waals surface area contributed by atoms with E-state index in [-0.39, 0.29) is 24.0 Å². The van der Waals surface area contributed by atoms with E-state index in [9.17, 15) is 0 Å². The average molecular weight is 417 g/mol. The molecule has 1 saturated carbocycles. The molecule has 0 spiro atoms. The van der Waals surface area contributed by atoms with Gasteiger partial charge in [-0.15, -0.1) is 24.0 Å². The SMILES string of the molecule is CCNC(=NCCOc1cccc(C)c1)NC1CCCC1.I. The van der Waals surface area contributed by atoms with Crippen LogP contribution < -0.4 is 15.4 Å². The molecule has 124 valence electrons. The van der Waals surface area contributed by atoms with Crippen LogP contribution in [0.1, 0.15) is 38.2 Å². The van der Waals surface area contributed by atoms with Crippen molar-refractivity contribution in [2.24, 2.45) is 4.99 Å². The monoisotopic (exact) mass is 417 g/mol. The van der Waals surface area contributed by atoms with E-state index in [1.807, 2.05) is 18.2 Å². The van der Waals surface area contributed by atoms with Crippen LogP contribution in [0.15, 0.2) is 29.3 Å². The molecule has 1 aliphatic rings. The molecule has 22 heavy (non-hydrogen) atoms. The third-order valence-corrected chi connectivity index (χ3v) is 3.66. The van der Waals surface area contributed by atoms with Gasteiger partial charge in [-0.2, -0.15) is 0 Å². The second-order valence-corrected chi connectivity index (χ2v) is 5.55. The van der Waals surface area contributed by atoms with Crippen LogP contribution in [0.3, 0.4) is 0 Å². The highest BCUT2D eigenvalue weighted by Crippen LogP contribution is 2.17. The Hall–Kier alpha value is -0.980. The van der Waals surface area contributed by atoms with Crippen LogP contribution in [0, 0.1) is 6.92 Å². The normalized spacial score (nSPS) is 15.3. The number of aliphatic imine (C=N–C) groups is 1. The topological polar surface area (TPSA) is 45.7 Å². The van der Waals surface area contributed by atoms with Crippen LogP contribution in [-0.2, 0) is 0 Å². The molecule has 1 aromatic carbocycles. The van der Waals surface area contributed by atoms with Crippen molar-refractivity contribution < 1.29 is 4.74 Å². The first kappa shape index (κ1) is 19.1. The van der Waals surface area contributed by atoms with E-state index in [4.69, 9.17) is 4.74 Å². The Morgan fingerprint density at radius 1 is 1.32 bits per heavy atom. The van der Waals surface area contributed by atoms with E-state index < -0.39 is 0 Å². The Morgan fingerprint density at radius 3 is 2.77 bits per heavy atom. The molecule has 0 aliphatic heterocycles. The molecular weight excluding hydrogens is 389 g/mol. The summed E-state index contributed by atoms with van der Waals surface area (Å²) in [5.41, 5.74) is 1.22. The van der Waals surface area contributed by atoms with E-state index in [1.54, 1.807) is 0 Å². The molecule has 0 radical (unpaired) electrons. The molecule has 0 heterocycles. The maximum Gasteiger partial charge on any atom is 0.191 e. The molecule has 1 aromatic rings. The summed E-state index contributed by atoms with van der Waals surface area (Å²) in [6.07, 6.45) is 5.16. The Labute approximate surface area is 151 Å². The molecule has 4 nitrogen and oxygen atoms in total. The van der Waals surface area contributed by atoms with Crippen molar-refractivity contribution >= 4 is 29.9 Å². The van der Waals surface area contributed by atoms with Gasteiger partial charge in [0.1, 0.15) is 12.4 Å². The highest BCUT2D eigenvalue weighted by molar-refractivity contribution is 14.0. The summed E-state index contributed by atoms with van der Waals surface area (Å²) in [6.45, 7) is 6.31. The highest BCUT2D eigenvalue weighted by Gasteiger charge is 2.15. The maximum absolute atomic E-state index is 5.72. The highest BCUT2D eigenvalue weighted by atomic mass is 127. The van der Waals surface area contributed by atoms with Gasteiger partial charge in [-0.1, -0.05) is 25.0 Å². The van der Waals surface area contributed by atoms with Crippen molar-refractivity contribution in [3.8, 4) is 5.75 Å². The zero-order chi connectivity index (χ0) is 14.9. The van der Waals surface area contributed by atoms with Crippen LogP contribution in [0.25, 0.3) is 0 Å². The minimum Gasteiger partial charge on any atom is -0.492 e. The van der Waals surface area contributed by atoms with Crippen LogP contribution in [0.5, 0.6) is 5.75 Å². The van der Waals surface area contributed by atoms with E-state index in [1.165, 1.54) is 31.2 Å². The number of ether oxygens (including phenoxy) is 1. The summed E-state index contributed by atoms with van der Waals surface area (Å²) < 4.78 is 5.72. The number of aryl methyl sites for hydroxylation is 1. The molecular formula is C17H28IN3O. The van der Waals surface area contributed by atoms with Crippen LogP contribution in [-0.4, -0.2) is 31.7 Å². The standard InChI is InChI=1S/C17H27N3O.HI/c1-3-18-17(20-15-8-4-5-9-15)19-11-12-21-16-10-6-7-14(2)13-16;/h6-7,10,13,15H,3-5,8-9,11-12H2,1-2H3,(H2,18,19,20);1H. The summed E-state index contributed by atoms with van der Waals surface area (Å²) in [5, 5.41) is 6.81. The Kier molecular flexibility index (Phi) is 9.27. The molecule has 2 rings (SSSR count). The number of halogens is 1. The van der Waals surface area contributed by atoms with Crippen molar-refractivity contribution in [3.63, 3.8) is 0 Å². The summed E-state index contributed by atoms with van der Waals surface area (Å²) >= 11 is 0. The molecule has 5 heteroatoms. The number of nitrogens with zero attached hydrogens (tertiary/aromatic N) is 1. The van der Waals surface area contributed by atoms with Gasteiger partial charge in [0.2, 0.25) is 0 Å². The lowest BCUT2D eigenvalue weighted by Gasteiger charge is -2.16. The molecule has 0 bridgehead atoms. The summed E-state index contributed by atoms with van der Waals surface area (Å²) in [5.74, 6) is 1.83. The fraction of sp³-hybridized carbons (Fsp3) is 0.588. The minimum atomic E-state index is 0. The quantitative estimate of drug-likeness (QED) is 0.323. The lowest BCUT2D eigenvalue weighted by molar-refractivity contribution is 0.328. The van der Waals surface area contributed by atoms with Gasteiger partial charge >= 0.3 is 0 Å². The average Bonchev–Trinajstić information content (AvgIpc) is 2.97. The van der Waals surface area contributed by atoms with Gasteiger partial charge in [0.15, 0.2) is 5.96 Å². The molecule has 0 amide bonds. The van der Waals surface area contributed by atoms with Crippen LogP contribution in [0.2, 0.25) is 0 Å². The molecule has 1 aliphatic carbocycles. The largest absolute Gasteiger partial charge is 0.492 e. The van der Waals surface area contributed by atoms with Crippen molar-refractivity contribution in [1.29, 1.82) is 0 Å². The van der Waals surface area contributed by atoms with Crippen molar-refractivity contribution in [3.05, 3.63) is 29.8 Å². The van der Waals surface area contributed by atoms with E-state index in [0.717, 1.165) is 18.3 Å². The van der Waals surface area contributed by atoms with Crippen LogP contribution >= 0.6 is 24.0 Å². The second kappa shape index (κ2) is 10.7. The molecule has 0 aromatic heterocycles. The van der Waals surface area contributed by atoms with E-state index >= 15 is 0 Å². The fourth-order valence-electron chi connectivity index (χ4n) is 2.61. The van der Waals surface area contributed by atoms with E-state index in [0.29, 0.717) is 19.2 Å². The van der Waals surface area contributed by atoms with Gasteiger partial charge in [-0.3, -0.25) is 0 Å². The number of guanidine groups is 1. The number of hydrogen-bond acceptors (Lipinski definition) is 2. The Balaban J connectivity index is 0.00000242. The summed E-state index contributed by atoms with van der Waals surface area (Å²) in [7, 11) is 0. The lowest BCUT2D eigenvalue weighted by atomic mass is 10.2. The predicted molar refractivity (Wildman–Crippen MR) is 103 cm³/mol. The Morgan fingerprint density at radius 2 is 2.09 bits per heavy atom. The molecule has 0 atom stereocenters. The third-order valence-electron chi connectivity index (χ3n) is 3.66. The molecule has 2 N–H and O–H groups in total. The first-order valence-electron chi connectivity index (χ1n) is 8.02. The van der Waals surface area contributed by atoms with Gasteiger partial charge < -0.3 is 15.4 Å². The van der Waals surface area contributed by atoms with Gasteiger partial charge in [0.25, 0.3) is 0 Å². The Bertz CT molecular complexity index is 459. The number of rotatable bonds is 6.